The normalized spacial score (nSPS) is 11.3. The topological polar surface area (TPSA) is 52.6 Å². The molecule has 0 aliphatic heterocycles. The van der Waals surface area contributed by atoms with Gasteiger partial charge in [0.2, 0.25) is 0 Å². The maximum absolute atomic E-state index is 12.9. The SMILES string of the molecule is COC(=O)C(C(=O)OC)C(C)(C)c1ccc(F)cc1. The van der Waals surface area contributed by atoms with E-state index < -0.39 is 23.3 Å². The first-order valence-electron chi connectivity index (χ1n) is 5.76. The molecule has 0 N–H and O–H groups in total. The second-order valence-electron chi connectivity index (χ2n) is 4.71. The van der Waals surface area contributed by atoms with E-state index in [4.69, 9.17) is 0 Å². The smallest absolute Gasteiger partial charge is 0.320 e. The van der Waals surface area contributed by atoms with Gasteiger partial charge in [-0.15, -0.1) is 0 Å². The van der Waals surface area contributed by atoms with Crippen LogP contribution in [-0.2, 0) is 24.5 Å². The van der Waals surface area contributed by atoms with E-state index in [1.165, 1.54) is 38.5 Å². The highest BCUT2D eigenvalue weighted by atomic mass is 19.1. The van der Waals surface area contributed by atoms with E-state index in [0.29, 0.717) is 5.56 Å². The molecule has 0 fully saturated rings. The van der Waals surface area contributed by atoms with Gasteiger partial charge in [0.05, 0.1) is 14.2 Å². The summed E-state index contributed by atoms with van der Waals surface area (Å²) in [5.74, 6) is -2.84. The van der Waals surface area contributed by atoms with Crippen LogP contribution in [0.1, 0.15) is 19.4 Å². The zero-order valence-electron chi connectivity index (χ0n) is 11.4. The molecule has 0 radical (unpaired) electrons. The van der Waals surface area contributed by atoms with Gasteiger partial charge in [-0.2, -0.15) is 0 Å². The van der Waals surface area contributed by atoms with Crippen LogP contribution in [0.25, 0.3) is 0 Å². The van der Waals surface area contributed by atoms with Crippen LogP contribution in [-0.4, -0.2) is 26.2 Å². The number of benzene rings is 1. The molecule has 5 heteroatoms. The first-order chi connectivity index (χ1) is 8.84. The molecule has 0 bridgehead atoms. The molecule has 4 nitrogen and oxygen atoms in total. The van der Waals surface area contributed by atoms with E-state index >= 15 is 0 Å². The molecule has 1 rings (SSSR count). The van der Waals surface area contributed by atoms with Gasteiger partial charge in [-0.3, -0.25) is 9.59 Å². The minimum Gasteiger partial charge on any atom is -0.468 e. The molecule has 0 aliphatic rings. The van der Waals surface area contributed by atoms with Crippen molar-refractivity contribution in [3.05, 3.63) is 35.6 Å². The fourth-order valence-corrected chi connectivity index (χ4v) is 1.97. The molecule has 0 heterocycles. The molecule has 0 atom stereocenters. The zero-order valence-corrected chi connectivity index (χ0v) is 11.4. The molecule has 0 unspecified atom stereocenters. The van der Waals surface area contributed by atoms with Crippen molar-refractivity contribution in [2.45, 2.75) is 19.3 Å². The average Bonchev–Trinajstić information content (AvgIpc) is 2.38. The van der Waals surface area contributed by atoms with Crippen LogP contribution in [0.3, 0.4) is 0 Å². The Balaban J connectivity index is 3.22. The molecule has 104 valence electrons. The Morgan fingerprint density at radius 2 is 1.47 bits per heavy atom. The van der Waals surface area contributed by atoms with Crippen LogP contribution in [0.5, 0.6) is 0 Å². The fraction of sp³-hybridized carbons (Fsp3) is 0.429. The minimum absolute atomic E-state index is 0.382. The third-order valence-electron chi connectivity index (χ3n) is 3.18. The second-order valence-corrected chi connectivity index (χ2v) is 4.71. The summed E-state index contributed by atoms with van der Waals surface area (Å²) in [5, 5.41) is 0. The van der Waals surface area contributed by atoms with E-state index in [1.807, 2.05) is 0 Å². The summed E-state index contributed by atoms with van der Waals surface area (Å²) in [6, 6.07) is 5.63. The lowest BCUT2D eigenvalue weighted by Gasteiger charge is -2.30. The molecular formula is C14H17FO4. The van der Waals surface area contributed by atoms with Gasteiger partial charge in [0.1, 0.15) is 5.82 Å². The van der Waals surface area contributed by atoms with Crippen molar-refractivity contribution in [2.24, 2.45) is 5.92 Å². The summed E-state index contributed by atoms with van der Waals surface area (Å²) >= 11 is 0. The predicted molar refractivity (Wildman–Crippen MR) is 66.9 cm³/mol. The lowest BCUT2D eigenvalue weighted by molar-refractivity contribution is -0.162. The van der Waals surface area contributed by atoms with Crippen molar-refractivity contribution in [3.63, 3.8) is 0 Å². The molecule has 1 aromatic carbocycles. The lowest BCUT2D eigenvalue weighted by Crippen LogP contribution is -2.41. The van der Waals surface area contributed by atoms with Gasteiger partial charge >= 0.3 is 11.9 Å². The van der Waals surface area contributed by atoms with E-state index in [0.717, 1.165) is 0 Å². The fourth-order valence-electron chi connectivity index (χ4n) is 1.97. The Bertz CT molecular complexity index is 449. The largest absolute Gasteiger partial charge is 0.468 e. The summed E-state index contributed by atoms with van der Waals surface area (Å²) in [6.45, 7) is 3.41. The van der Waals surface area contributed by atoms with Gasteiger partial charge in [0.15, 0.2) is 5.92 Å². The molecule has 0 amide bonds. The minimum atomic E-state index is -1.10. The second kappa shape index (κ2) is 5.82. The summed E-state index contributed by atoms with van der Waals surface area (Å²) in [5.41, 5.74) is -0.219. The molecular weight excluding hydrogens is 251 g/mol. The number of hydrogen-bond donors (Lipinski definition) is 0. The number of hydrogen-bond acceptors (Lipinski definition) is 4. The number of esters is 2. The summed E-state index contributed by atoms with van der Waals surface area (Å²) in [6.07, 6.45) is 0. The van der Waals surface area contributed by atoms with E-state index in [2.05, 4.69) is 9.47 Å². The van der Waals surface area contributed by atoms with E-state index in [1.54, 1.807) is 13.8 Å². The van der Waals surface area contributed by atoms with Crippen molar-refractivity contribution in [1.29, 1.82) is 0 Å². The zero-order chi connectivity index (χ0) is 14.6. The van der Waals surface area contributed by atoms with Gasteiger partial charge in [-0.05, 0) is 17.7 Å². The number of halogens is 1. The van der Waals surface area contributed by atoms with E-state index in [9.17, 15) is 14.0 Å². The Hall–Kier alpha value is -1.91. The maximum Gasteiger partial charge on any atom is 0.320 e. The van der Waals surface area contributed by atoms with Crippen LogP contribution in [0, 0.1) is 11.7 Å². The third-order valence-corrected chi connectivity index (χ3v) is 3.18. The summed E-state index contributed by atoms with van der Waals surface area (Å²) < 4.78 is 22.2. The monoisotopic (exact) mass is 268 g/mol. The van der Waals surface area contributed by atoms with Crippen molar-refractivity contribution in [1.82, 2.24) is 0 Å². The first-order valence-corrected chi connectivity index (χ1v) is 5.76. The Morgan fingerprint density at radius 1 is 1.05 bits per heavy atom. The maximum atomic E-state index is 12.9. The van der Waals surface area contributed by atoms with Crippen molar-refractivity contribution in [2.75, 3.05) is 14.2 Å². The molecule has 19 heavy (non-hydrogen) atoms. The van der Waals surface area contributed by atoms with Gasteiger partial charge < -0.3 is 9.47 Å². The van der Waals surface area contributed by atoms with Crippen LogP contribution in [0.4, 0.5) is 4.39 Å². The van der Waals surface area contributed by atoms with Gasteiger partial charge in [-0.1, -0.05) is 26.0 Å². The highest BCUT2D eigenvalue weighted by Gasteiger charge is 2.43. The Kier molecular flexibility index (Phi) is 4.64. The Morgan fingerprint density at radius 3 is 1.84 bits per heavy atom. The summed E-state index contributed by atoms with van der Waals surface area (Å²) in [4.78, 5) is 23.6. The van der Waals surface area contributed by atoms with Gasteiger partial charge in [-0.25, -0.2) is 4.39 Å². The molecule has 0 saturated carbocycles. The number of rotatable bonds is 4. The first kappa shape index (κ1) is 15.1. The molecule has 0 aromatic heterocycles. The number of ether oxygens (including phenoxy) is 2. The van der Waals surface area contributed by atoms with Gasteiger partial charge in [0.25, 0.3) is 0 Å². The number of methoxy groups -OCH3 is 2. The Labute approximate surface area is 111 Å². The van der Waals surface area contributed by atoms with Crippen molar-refractivity contribution >= 4 is 11.9 Å². The third kappa shape index (κ3) is 3.10. The molecule has 0 saturated heterocycles. The van der Waals surface area contributed by atoms with Gasteiger partial charge in [0, 0.05) is 5.41 Å². The van der Waals surface area contributed by atoms with Crippen molar-refractivity contribution < 1.29 is 23.5 Å². The standard InChI is InChI=1S/C14H17FO4/c1-14(2,9-5-7-10(15)8-6-9)11(12(16)18-3)13(17)19-4/h5-8,11H,1-4H3. The molecule has 0 aliphatic carbocycles. The van der Waals surface area contributed by atoms with Crippen LogP contribution >= 0.6 is 0 Å². The number of carbonyl (C=O) groups is 2. The lowest BCUT2D eigenvalue weighted by atomic mass is 9.73. The van der Waals surface area contributed by atoms with Crippen LogP contribution in [0.15, 0.2) is 24.3 Å². The predicted octanol–water partition coefficient (Wildman–Crippen LogP) is 2.07. The highest BCUT2D eigenvalue weighted by Crippen LogP contribution is 2.33. The molecule has 1 aromatic rings. The highest BCUT2D eigenvalue weighted by molar-refractivity contribution is 5.96. The average molecular weight is 268 g/mol. The van der Waals surface area contributed by atoms with Crippen LogP contribution < -0.4 is 0 Å². The molecule has 0 spiro atoms. The van der Waals surface area contributed by atoms with Crippen molar-refractivity contribution in [3.8, 4) is 0 Å². The van der Waals surface area contributed by atoms with Crippen LogP contribution in [0.2, 0.25) is 0 Å². The quantitative estimate of drug-likeness (QED) is 0.619. The van der Waals surface area contributed by atoms with E-state index in [-0.39, 0.29) is 5.82 Å². The number of carbonyl (C=O) groups excluding carboxylic acids is 2. The summed E-state index contributed by atoms with van der Waals surface area (Å²) in [7, 11) is 2.41.